The van der Waals surface area contributed by atoms with Gasteiger partial charge < -0.3 is 19.5 Å². The number of benzene rings is 2. The van der Waals surface area contributed by atoms with E-state index < -0.39 is 11.7 Å². The molecule has 0 spiro atoms. The lowest BCUT2D eigenvalue weighted by Gasteiger charge is -2.26. The van der Waals surface area contributed by atoms with E-state index in [9.17, 15) is 18.0 Å². The molecule has 0 fully saturated rings. The Morgan fingerprint density at radius 2 is 1.65 bits per heavy atom. The van der Waals surface area contributed by atoms with Crippen LogP contribution in [0, 0.1) is 0 Å². The van der Waals surface area contributed by atoms with E-state index in [1.165, 1.54) is 6.07 Å². The van der Waals surface area contributed by atoms with Crippen LogP contribution in [-0.2, 0) is 24.0 Å². The number of rotatable bonds is 10. The van der Waals surface area contributed by atoms with Crippen molar-refractivity contribution in [3.63, 3.8) is 0 Å². The number of nitrogens with zero attached hydrogens (tertiary/aromatic N) is 2. The summed E-state index contributed by atoms with van der Waals surface area (Å²) in [7, 11) is 1.58. The van der Waals surface area contributed by atoms with Crippen molar-refractivity contribution in [3.8, 4) is 0 Å². The number of methoxy groups -OCH3 is 1. The lowest BCUT2D eigenvalue weighted by Crippen LogP contribution is -2.38. The molecule has 0 unspecified atom stereocenters. The number of carbonyl (C=O) groups is 1. The molecule has 2 amide bonds. The van der Waals surface area contributed by atoms with Gasteiger partial charge in [0.05, 0.1) is 18.7 Å². The molecule has 0 saturated carbocycles. The van der Waals surface area contributed by atoms with E-state index in [2.05, 4.69) is 33.0 Å². The summed E-state index contributed by atoms with van der Waals surface area (Å²) in [4.78, 5) is 15.2. The Hall–Kier alpha value is -3.26. The highest BCUT2D eigenvalue weighted by molar-refractivity contribution is 5.91. The maximum Gasteiger partial charge on any atom is 0.416 e. The van der Waals surface area contributed by atoms with Crippen molar-refractivity contribution in [1.29, 1.82) is 0 Å². The number of amides is 2. The van der Waals surface area contributed by atoms with Gasteiger partial charge in [0.1, 0.15) is 0 Å². The van der Waals surface area contributed by atoms with E-state index in [4.69, 9.17) is 4.74 Å². The molecule has 0 aliphatic heterocycles. The fraction of sp³-hybridized carbons (Fsp3) is 0.414. The number of anilines is 1. The van der Waals surface area contributed by atoms with Crippen LogP contribution in [0.2, 0.25) is 0 Å². The summed E-state index contributed by atoms with van der Waals surface area (Å²) in [5.41, 5.74) is 3.64. The number of aromatic nitrogens is 1. The van der Waals surface area contributed by atoms with Crippen LogP contribution in [0.15, 0.2) is 60.8 Å². The van der Waals surface area contributed by atoms with Gasteiger partial charge in [0.15, 0.2) is 0 Å². The van der Waals surface area contributed by atoms with Crippen LogP contribution in [0.3, 0.4) is 0 Å². The van der Waals surface area contributed by atoms with Gasteiger partial charge in [-0.2, -0.15) is 13.2 Å². The minimum atomic E-state index is -4.40. The predicted molar refractivity (Wildman–Crippen MR) is 141 cm³/mol. The number of ether oxygens (including phenoxy) is 1. The summed E-state index contributed by atoms with van der Waals surface area (Å²) in [6.07, 6.45) is -2.58. The first-order valence-corrected chi connectivity index (χ1v) is 12.5. The molecule has 1 heterocycles. The largest absolute Gasteiger partial charge is 0.416 e. The number of para-hydroxylation sites is 1. The quantitative estimate of drug-likeness (QED) is 0.304. The van der Waals surface area contributed by atoms with Crippen LogP contribution >= 0.6 is 0 Å². The zero-order valence-electron chi connectivity index (χ0n) is 22.1. The number of urea groups is 1. The van der Waals surface area contributed by atoms with Crippen LogP contribution in [-0.4, -0.2) is 35.8 Å². The molecule has 1 aromatic heterocycles. The first-order chi connectivity index (χ1) is 17.5. The molecule has 3 rings (SSSR count). The molecular formula is C29H36F3N3O2. The Bertz CT molecular complexity index is 1160. The first kappa shape index (κ1) is 28.3. The van der Waals surface area contributed by atoms with Gasteiger partial charge in [-0.15, -0.1) is 0 Å². The monoisotopic (exact) mass is 515 g/mol. The zero-order chi connectivity index (χ0) is 27.2. The Labute approximate surface area is 217 Å². The highest BCUT2D eigenvalue weighted by Crippen LogP contribution is 2.33. The minimum absolute atomic E-state index is 0.228. The number of halogens is 3. The normalized spacial score (nSPS) is 11.8. The second-order valence-electron chi connectivity index (χ2n) is 9.79. The zero-order valence-corrected chi connectivity index (χ0v) is 22.1. The van der Waals surface area contributed by atoms with Gasteiger partial charge >= 0.3 is 12.2 Å². The van der Waals surface area contributed by atoms with Gasteiger partial charge in [0, 0.05) is 37.8 Å². The molecule has 8 heteroatoms. The number of nitrogens with one attached hydrogen (secondary N) is 1. The number of alkyl halides is 3. The Morgan fingerprint density at radius 3 is 2.24 bits per heavy atom. The van der Waals surface area contributed by atoms with Gasteiger partial charge in [0.25, 0.3) is 0 Å². The SMILES string of the molecule is COCCN(Cc1cccn1Cc1cccc(C(F)(F)F)c1)C(=O)Nc1c(C(C)C)cccc1C(C)C. The van der Waals surface area contributed by atoms with Crippen LogP contribution in [0.4, 0.5) is 23.7 Å². The molecule has 0 saturated heterocycles. The molecule has 3 aromatic rings. The molecule has 0 aliphatic carbocycles. The van der Waals surface area contributed by atoms with E-state index >= 15 is 0 Å². The van der Waals surface area contributed by atoms with Gasteiger partial charge in [-0.05, 0) is 52.8 Å². The average molecular weight is 516 g/mol. The van der Waals surface area contributed by atoms with Crippen molar-refractivity contribution in [2.75, 3.05) is 25.6 Å². The van der Waals surface area contributed by atoms with Crippen molar-refractivity contribution in [1.82, 2.24) is 9.47 Å². The average Bonchev–Trinajstić information content (AvgIpc) is 3.27. The summed E-state index contributed by atoms with van der Waals surface area (Å²) >= 11 is 0. The molecule has 0 bridgehead atoms. The molecule has 37 heavy (non-hydrogen) atoms. The molecule has 2 aromatic carbocycles. The lowest BCUT2D eigenvalue weighted by molar-refractivity contribution is -0.137. The van der Waals surface area contributed by atoms with Crippen LogP contribution < -0.4 is 5.32 Å². The Morgan fingerprint density at radius 1 is 1.00 bits per heavy atom. The number of hydrogen-bond donors (Lipinski definition) is 1. The van der Waals surface area contributed by atoms with Crippen LogP contribution in [0.5, 0.6) is 0 Å². The molecule has 0 atom stereocenters. The lowest BCUT2D eigenvalue weighted by atomic mass is 9.93. The second kappa shape index (κ2) is 12.3. The van der Waals surface area contributed by atoms with E-state index in [0.717, 1.165) is 34.6 Å². The maximum atomic E-state index is 13.5. The Kier molecular flexibility index (Phi) is 9.43. The molecular weight excluding hydrogens is 479 g/mol. The highest BCUT2D eigenvalue weighted by Gasteiger charge is 2.30. The summed E-state index contributed by atoms with van der Waals surface area (Å²) in [6, 6.07) is 14.9. The highest BCUT2D eigenvalue weighted by atomic mass is 19.4. The third kappa shape index (κ3) is 7.38. The second-order valence-corrected chi connectivity index (χ2v) is 9.79. The topological polar surface area (TPSA) is 46.5 Å². The number of carbonyl (C=O) groups excluding carboxylic acids is 1. The van der Waals surface area contributed by atoms with E-state index in [0.29, 0.717) is 18.7 Å². The molecule has 0 aliphatic rings. The Balaban J connectivity index is 1.85. The molecule has 5 nitrogen and oxygen atoms in total. The van der Waals surface area contributed by atoms with Crippen molar-refractivity contribution < 1.29 is 22.7 Å². The van der Waals surface area contributed by atoms with Crippen molar-refractivity contribution in [2.45, 2.75) is 58.8 Å². The van der Waals surface area contributed by atoms with Crippen molar-refractivity contribution in [2.24, 2.45) is 0 Å². The van der Waals surface area contributed by atoms with Gasteiger partial charge in [-0.25, -0.2) is 4.79 Å². The van der Waals surface area contributed by atoms with Crippen LogP contribution in [0.25, 0.3) is 0 Å². The summed E-state index contributed by atoms with van der Waals surface area (Å²) in [5, 5.41) is 3.15. The van der Waals surface area contributed by atoms with Crippen molar-refractivity contribution >= 4 is 11.7 Å². The van der Waals surface area contributed by atoms with E-state index in [-0.39, 0.29) is 31.0 Å². The van der Waals surface area contributed by atoms with E-state index in [1.807, 2.05) is 41.1 Å². The summed E-state index contributed by atoms with van der Waals surface area (Å²) in [5.74, 6) is 0.456. The predicted octanol–water partition coefficient (Wildman–Crippen LogP) is 7.48. The minimum Gasteiger partial charge on any atom is -0.383 e. The van der Waals surface area contributed by atoms with E-state index in [1.54, 1.807) is 18.1 Å². The third-order valence-corrected chi connectivity index (χ3v) is 6.34. The summed E-state index contributed by atoms with van der Waals surface area (Å²) < 4.78 is 46.6. The third-order valence-electron chi connectivity index (χ3n) is 6.34. The van der Waals surface area contributed by atoms with Crippen molar-refractivity contribution in [3.05, 3.63) is 88.7 Å². The van der Waals surface area contributed by atoms with Gasteiger partial charge in [0.2, 0.25) is 0 Å². The fourth-order valence-corrected chi connectivity index (χ4v) is 4.32. The maximum absolute atomic E-state index is 13.5. The van der Waals surface area contributed by atoms with Gasteiger partial charge in [-0.3, -0.25) is 0 Å². The number of hydrogen-bond acceptors (Lipinski definition) is 2. The molecule has 200 valence electrons. The van der Waals surface area contributed by atoms with Crippen LogP contribution in [0.1, 0.15) is 67.5 Å². The standard InChI is InChI=1S/C29H36F3N3O2/c1-20(2)25-12-7-13-26(21(3)4)27(25)33-28(36)35(15-16-37-5)19-24-11-8-14-34(24)18-22-9-6-10-23(17-22)29(30,31)32/h6-14,17,20-21H,15-16,18-19H2,1-5H3,(H,33,36). The summed E-state index contributed by atoms with van der Waals surface area (Å²) in [6.45, 7) is 9.64. The smallest absolute Gasteiger partial charge is 0.383 e. The van der Waals surface area contributed by atoms with Gasteiger partial charge in [-0.1, -0.05) is 58.0 Å². The molecule has 1 N–H and O–H groups in total. The molecule has 0 radical (unpaired) electrons. The fourth-order valence-electron chi connectivity index (χ4n) is 4.32. The first-order valence-electron chi connectivity index (χ1n) is 12.5.